The fraction of sp³-hybridized carbons (Fsp3) is 0.562. The highest BCUT2D eigenvalue weighted by Gasteiger charge is 2.42. The number of carbonyl (C=O) groups excluding carboxylic acids is 7. The molecule has 0 spiro atoms. The number of nitrogens with one attached hydrogen (secondary N) is 5. The molecule has 3 rings (SSSR count). The number of rotatable bonds is 27. The summed E-state index contributed by atoms with van der Waals surface area (Å²) in [5.41, 5.74) is 0.215. The van der Waals surface area contributed by atoms with Crippen molar-refractivity contribution in [3.05, 3.63) is 71.8 Å². The van der Waals surface area contributed by atoms with Gasteiger partial charge in [0.05, 0.1) is 38.3 Å². The molecule has 0 aromatic heterocycles. The van der Waals surface area contributed by atoms with Gasteiger partial charge < -0.3 is 36.1 Å². The van der Waals surface area contributed by atoms with Gasteiger partial charge >= 0.3 is 5.97 Å². The number of alkyl halides is 1. The van der Waals surface area contributed by atoms with Crippen molar-refractivity contribution in [2.75, 3.05) is 43.8 Å². The van der Waals surface area contributed by atoms with E-state index in [4.69, 9.17) is 15.9 Å². The summed E-state index contributed by atoms with van der Waals surface area (Å²) in [7, 11) is 0. The minimum absolute atomic E-state index is 0.00173. The van der Waals surface area contributed by atoms with Gasteiger partial charge in [-0.15, -0.1) is 12.3 Å². The van der Waals surface area contributed by atoms with Gasteiger partial charge in [-0.2, -0.15) is 0 Å². The predicted molar refractivity (Wildman–Crippen MR) is 253 cm³/mol. The van der Waals surface area contributed by atoms with Crippen molar-refractivity contribution in [2.24, 2.45) is 11.8 Å². The van der Waals surface area contributed by atoms with Crippen molar-refractivity contribution >= 4 is 63.9 Å². The van der Waals surface area contributed by atoms with Crippen LogP contribution in [0.25, 0.3) is 0 Å². The van der Waals surface area contributed by atoms with Crippen molar-refractivity contribution < 1.29 is 43.0 Å². The maximum atomic E-state index is 14.3. The SMILES string of the molecule is C#CCCC(=O)NCCC(=O)O[C@](C)(CI)C(=O)[C@H](CC(C)C)NC(=O)[C@H](Cc1ccccc1)NC(=O)[C@H](CC(C)C)NC(=O)CNC(=O)C(CCc1ccccc1)N1CCOCC1. The molecule has 1 fully saturated rings. The van der Waals surface area contributed by atoms with Crippen LogP contribution in [0.15, 0.2) is 60.7 Å². The summed E-state index contributed by atoms with van der Waals surface area (Å²) in [5.74, 6) is -1.36. The number of aryl methyl sites for hydroxylation is 1. The highest BCUT2D eigenvalue weighted by molar-refractivity contribution is 14.1. The van der Waals surface area contributed by atoms with Crippen molar-refractivity contribution in [1.29, 1.82) is 0 Å². The van der Waals surface area contributed by atoms with Gasteiger partial charge in [0.15, 0.2) is 11.4 Å². The van der Waals surface area contributed by atoms with E-state index in [1.54, 1.807) is 0 Å². The third kappa shape index (κ3) is 19.1. The highest BCUT2D eigenvalue weighted by atomic mass is 127. The van der Waals surface area contributed by atoms with Gasteiger partial charge in [-0.05, 0) is 55.6 Å². The molecule has 2 aromatic rings. The first kappa shape index (κ1) is 53.5. The van der Waals surface area contributed by atoms with Gasteiger partial charge in [0.25, 0.3) is 0 Å². The Morgan fingerprint density at radius 3 is 1.94 bits per heavy atom. The number of ketones is 1. The van der Waals surface area contributed by atoms with Crippen LogP contribution in [0.3, 0.4) is 0 Å². The van der Waals surface area contributed by atoms with Crippen molar-refractivity contribution in [2.45, 2.75) is 116 Å². The Bertz CT molecular complexity index is 1870. The summed E-state index contributed by atoms with van der Waals surface area (Å²) in [6.07, 6.45) is 7.15. The van der Waals surface area contributed by atoms with Crippen molar-refractivity contribution in [3.8, 4) is 12.3 Å². The molecular weight excluding hydrogens is 931 g/mol. The molecule has 0 bridgehead atoms. The molecule has 1 aliphatic rings. The zero-order valence-electron chi connectivity index (χ0n) is 37.9. The Hall–Kier alpha value is -4.86. The summed E-state index contributed by atoms with van der Waals surface area (Å²) < 4.78 is 11.3. The van der Waals surface area contributed by atoms with Gasteiger partial charge in [-0.1, -0.05) is 111 Å². The summed E-state index contributed by atoms with van der Waals surface area (Å²) in [6, 6.07) is 15.1. The van der Waals surface area contributed by atoms with Gasteiger partial charge in [-0.3, -0.25) is 38.5 Å². The van der Waals surface area contributed by atoms with E-state index in [0.717, 1.165) is 11.1 Å². The maximum absolute atomic E-state index is 14.3. The largest absolute Gasteiger partial charge is 0.450 e. The molecule has 1 saturated heterocycles. The molecule has 1 heterocycles. The summed E-state index contributed by atoms with van der Waals surface area (Å²) in [6.45, 7) is 10.9. The molecule has 5 N–H and O–H groups in total. The number of esters is 1. The van der Waals surface area contributed by atoms with Crippen LogP contribution in [0.1, 0.15) is 84.3 Å². The quantitative estimate of drug-likeness (QED) is 0.0382. The second kappa shape index (κ2) is 28.1. The number of carbonyl (C=O) groups is 7. The molecule has 64 heavy (non-hydrogen) atoms. The number of benzene rings is 2. The second-order valence-corrected chi connectivity index (χ2v) is 17.9. The zero-order chi connectivity index (χ0) is 47.1. The molecule has 5 atom stereocenters. The number of hydrogen-bond donors (Lipinski definition) is 5. The summed E-state index contributed by atoms with van der Waals surface area (Å²) >= 11 is 1.96. The maximum Gasteiger partial charge on any atom is 0.308 e. The van der Waals surface area contributed by atoms with Gasteiger partial charge in [0.2, 0.25) is 29.5 Å². The molecule has 5 amide bonds. The van der Waals surface area contributed by atoms with E-state index < -0.39 is 59.2 Å². The molecule has 16 heteroatoms. The lowest BCUT2D eigenvalue weighted by Crippen LogP contribution is -2.59. The lowest BCUT2D eigenvalue weighted by Gasteiger charge is -2.33. The first-order chi connectivity index (χ1) is 30.5. The first-order valence-corrected chi connectivity index (χ1v) is 23.7. The summed E-state index contributed by atoms with van der Waals surface area (Å²) in [4.78, 5) is 96.7. The minimum atomic E-state index is -1.62. The molecule has 2 aromatic carbocycles. The highest BCUT2D eigenvalue weighted by Crippen LogP contribution is 2.22. The third-order valence-corrected chi connectivity index (χ3v) is 12.1. The van der Waals surface area contributed by atoms with Gasteiger partial charge in [-0.25, -0.2) is 0 Å². The number of morpholine rings is 1. The monoisotopic (exact) mass is 998 g/mol. The molecule has 0 aliphatic carbocycles. The van der Waals surface area contributed by atoms with Crippen LogP contribution in [0.2, 0.25) is 0 Å². The Kier molecular flexibility index (Phi) is 23.5. The number of halogens is 1. The summed E-state index contributed by atoms with van der Waals surface area (Å²) in [5, 5.41) is 13.9. The Labute approximate surface area is 392 Å². The molecular formula is C48H67IN6O9. The minimum Gasteiger partial charge on any atom is -0.450 e. The lowest BCUT2D eigenvalue weighted by atomic mass is 9.90. The lowest BCUT2D eigenvalue weighted by molar-refractivity contribution is -0.164. The molecule has 350 valence electrons. The Morgan fingerprint density at radius 2 is 1.34 bits per heavy atom. The van der Waals surface area contributed by atoms with Crippen LogP contribution >= 0.6 is 22.6 Å². The van der Waals surface area contributed by atoms with Crippen LogP contribution in [0.5, 0.6) is 0 Å². The standard InChI is InChI=1S/C48H67IN6O9/c1-7-8-19-41(56)50-23-22-43(58)64-48(6,32-49)44(59)37(28-33(2)3)53-46(61)39(30-36-17-13-10-14-18-36)54-45(60)38(29-34(4)5)52-42(57)31-51-47(62)40(55-24-26-63-27-25-55)21-20-35-15-11-9-12-16-35/h1,9-18,33-34,37-40H,8,19-32H2,2-6H3,(H,50,56)(H,51,62)(H,52,57)(H,53,61)(H,54,60)/t37-,38-,39-,40?,48+/m0/s1. The van der Waals surface area contributed by atoms with E-state index in [0.29, 0.717) is 39.1 Å². The molecule has 1 unspecified atom stereocenters. The molecule has 1 aliphatic heterocycles. The smallest absolute Gasteiger partial charge is 0.308 e. The van der Waals surface area contributed by atoms with Crippen LogP contribution in [-0.2, 0) is 55.9 Å². The van der Waals surface area contributed by atoms with E-state index in [9.17, 15) is 33.6 Å². The normalized spacial score (nSPS) is 15.6. The number of terminal acetylenes is 1. The topological polar surface area (TPSA) is 201 Å². The van der Waals surface area contributed by atoms with E-state index in [1.807, 2.05) is 111 Å². The fourth-order valence-electron chi connectivity index (χ4n) is 7.25. The van der Waals surface area contributed by atoms with E-state index in [1.165, 1.54) is 6.92 Å². The van der Waals surface area contributed by atoms with Crippen molar-refractivity contribution in [1.82, 2.24) is 31.5 Å². The Balaban J connectivity index is 1.75. The number of nitrogens with zero attached hydrogens (tertiary/aromatic N) is 1. The average molecular weight is 999 g/mol. The van der Waals surface area contributed by atoms with Crippen LogP contribution < -0.4 is 26.6 Å². The number of Topliss-reactive ketones (excluding diaryl/α,β-unsaturated/α-hetero) is 1. The molecule has 0 radical (unpaired) electrons. The predicted octanol–water partition coefficient (Wildman–Crippen LogP) is 3.45. The Morgan fingerprint density at radius 1 is 0.766 bits per heavy atom. The molecule has 0 saturated carbocycles. The average Bonchev–Trinajstić information content (AvgIpc) is 3.27. The van der Waals surface area contributed by atoms with E-state index >= 15 is 0 Å². The number of hydrogen-bond acceptors (Lipinski definition) is 10. The van der Waals surface area contributed by atoms with Gasteiger partial charge in [0, 0.05) is 43.3 Å². The van der Waals surface area contributed by atoms with Crippen LogP contribution in [-0.4, -0.2) is 120 Å². The fourth-order valence-corrected chi connectivity index (χ4v) is 7.78. The van der Waals surface area contributed by atoms with Crippen LogP contribution in [0.4, 0.5) is 0 Å². The van der Waals surface area contributed by atoms with Gasteiger partial charge in [0.1, 0.15) is 12.1 Å². The zero-order valence-corrected chi connectivity index (χ0v) is 40.1. The van der Waals surface area contributed by atoms with Crippen molar-refractivity contribution in [3.63, 3.8) is 0 Å². The number of amides is 5. The number of ether oxygens (including phenoxy) is 2. The first-order valence-electron chi connectivity index (χ1n) is 22.1. The van der Waals surface area contributed by atoms with E-state index in [2.05, 4.69) is 37.4 Å². The third-order valence-electron chi connectivity index (χ3n) is 10.6. The van der Waals surface area contributed by atoms with E-state index in [-0.39, 0.29) is 79.7 Å². The molecule has 15 nitrogen and oxygen atoms in total. The van der Waals surface area contributed by atoms with Crippen LogP contribution in [0, 0.1) is 24.2 Å². The second-order valence-electron chi connectivity index (χ2n) is 17.1.